The number of hydrogen-bond donors (Lipinski definition) is 3. The van der Waals surface area contributed by atoms with Crippen LogP contribution in [0.5, 0.6) is 11.6 Å². The van der Waals surface area contributed by atoms with E-state index >= 15 is 0 Å². The predicted octanol–water partition coefficient (Wildman–Crippen LogP) is 2.12. The molecule has 2 heterocycles. The molecule has 9 nitrogen and oxygen atoms in total. The van der Waals surface area contributed by atoms with Crippen LogP contribution >= 0.6 is 23.2 Å². The second-order valence-corrected chi connectivity index (χ2v) is 6.92. The SMILES string of the molecule is Cn1c(O)c(C(=O)Nc2ccc(-c3ncc(Cl)cc3Cl)cc2O)c(=O)n(C)c1=O. The fourth-order valence-electron chi connectivity index (χ4n) is 2.63. The first-order chi connectivity index (χ1) is 13.6. The van der Waals surface area contributed by atoms with Crippen LogP contribution < -0.4 is 16.6 Å². The Hall–Kier alpha value is -3.30. The molecular formula is C18H14Cl2N4O5. The largest absolute Gasteiger partial charge is 0.506 e. The lowest BCUT2D eigenvalue weighted by atomic mass is 10.1. The maximum Gasteiger partial charge on any atom is 0.333 e. The molecule has 0 aliphatic carbocycles. The highest BCUT2D eigenvalue weighted by Gasteiger charge is 2.22. The number of nitrogens with one attached hydrogen (secondary N) is 1. The number of anilines is 1. The van der Waals surface area contributed by atoms with Crippen molar-refractivity contribution in [2.24, 2.45) is 14.1 Å². The minimum atomic E-state index is -0.996. The Bertz CT molecular complexity index is 1270. The number of amides is 1. The van der Waals surface area contributed by atoms with Crippen molar-refractivity contribution >= 4 is 34.8 Å². The fraction of sp³-hybridized carbons (Fsp3) is 0.111. The van der Waals surface area contributed by atoms with E-state index in [0.29, 0.717) is 20.8 Å². The zero-order valence-corrected chi connectivity index (χ0v) is 16.6. The first-order valence-corrected chi connectivity index (χ1v) is 8.82. The van der Waals surface area contributed by atoms with Crippen LogP contribution in [-0.4, -0.2) is 30.2 Å². The van der Waals surface area contributed by atoms with E-state index in [0.717, 1.165) is 4.57 Å². The van der Waals surface area contributed by atoms with Crippen LogP contribution in [0.3, 0.4) is 0 Å². The van der Waals surface area contributed by atoms with Crippen LogP contribution in [0.25, 0.3) is 11.3 Å². The van der Waals surface area contributed by atoms with Crippen molar-refractivity contribution in [1.29, 1.82) is 0 Å². The minimum absolute atomic E-state index is 0.0286. The molecule has 0 aliphatic heterocycles. The average Bonchev–Trinajstić information content (AvgIpc) is 2.66. The number of phenols is 1. The first kappa shape index (κ1) is 20.4. The quantitative estimate of drug-likeness (QED) is 0.539. The molecule has 150 valence electrons. The molecule has 2 aromatic heterocycles. The van der Waals surface area contributed by atoms with Gasteiger partial charge in [-0.05, 0) is 18.2 Å². The van der Waals surface area contributed by atoms with E-state index in [1.54, 1.807) is 0 Å². The van der Waals surface area contributed by atoms with E-state index in [4.69, 9.17) is 23.2 Å². The van der Waals surface area contributed by atoms with Gasteiger partial charge in [-0.3, -0.25) is 23.7 Å². The number of benzene rings is 1. The Kier molecular flexibility index (Phi) is 5.36. The third-order valence-corrected chi connectivity index (χ3v) is 4.68. The third kappa shape index (κ3) is 3.69. The minimum Gasteiger partial charge on any atom is -0.506 e. The molecule has 1 aromatic carbocycles. The maximum atomic E-state index is 12.5. The van der Waals surface area contributed by atoms with Gasteiger partial charge in [0.15, 0.2) is 5.56 Å². The molecule has 0 spiro atoms. The first-order valence-electron chi connectivity index (χ1n) is 8.06. The number of carbonyl (C=O) groups excluding carboxylic acids is 1. The predicted molar refractivity (Wildman–Crippen MR) is 108 cm³/mol. The van der Waals surface area contributed by atoms with E-state index < -0.39 is 28.6 Å². The maximum absolute atomic E-state index is 12.5. The lowest BCUT2D eigenvalue weighted by molar-refractivity contribution is 0.102. The second kappa shape index (κ2) is 7.61. The van der Waals surface area contributed by atoms with Crippen LogP contribution in [0.15, 0.2) is 40.1 Å². The van der Waals surface area contributed by atoms with E-state index in [-0.39, 0.29) is 16.5 Å². The standard InChI is InChI=1S/C18H14Cl2N4O5/c1-23-16(27)13(17(28)24(2)18(23)29)15(26)22-11-4-3-8(5-12(11)25)14-10(20)6-9(19)7-21-14/h3-7,25,27H,1-2H3,(H,22,26). The Morgan fingerprint density at radius 3 is 2.41 bits per heavy atom. The van der Waals surface area contributed by atoms with Gasteiger partial charge in [0.1, 0.15) is 5.75 Å². The van der Waals surface area contributed by atoms with Gasteiger partial charge < -0.3 is 15.5 Å². The number of aromatic nitrogens is 3. The van der Waals surface area contributed by atoms with Gasteiger partial charge in [-0.1, -0.05) is 29.3 Å². The highest BCUT2D eigenvalue weighted by Crippen LogP contribution is 2.33. The molecule has 0 saturated carbocycles. The number of pyridine rings is 1. The van der Waals surface area contributed by atoms with E-state index in [1.165, 1.54) is 44.6 Å². The molecular weight excluding hydrogens is 423 g/mol. The molecule has 3 aromatic rings. The monoisotopic (exact) mass is 436 g/mol. The highest BCUT2D eigenvalue weighted by molar-refractivity contribution is 6.36. The smallest absolute Gasteiger partial charge is 0.333 e. The van der Waals surface area contributed by atoms with Crippen LogP contribution in [-0.2, 0) is 14.1 Å². The molecule has 0 bridgehead atoms. The number of rotatable bonds is 3. The van der Waals surface area contributed by atoms with Crippen LogP contribution in [0.4, 0.5) is 5.69 Å². The summed E-state index contributed by atoms with van der Waals surface area (Å²) in [5, 5.41) is 23.3. The summed E-state index contributed by atoms with van der Waals surface area (Å²) in [6.45, 7) is 0. The molecule has 0 aliphatic rings. The number of aromatic hydroxyl groups is 2. The fourth-order valence-corrected chi connectivity index (χ4v) is 3.12. The Morgan fingerprint density at radius 1 is 1.10 bits per heavy atom. The average molecular weight is 437 g/mol. The molecule has 0 saturated heterocycles. The van der Waals surface area contributed by atoms with Crippen molar-refractivity contribution in [2.75, 3.05) is 5.32 Å². The Balaban J connectivity index is 1.97. The van der Waals surface area contributed by atoms with Crippen LogP contribution in [0, 0.1) is 0 Å². The van der Waals surface area contributed by atoms with E-state index in [1.807, 2.05) is 0 Å². The van der Waals surface area contributed by atoms with Gasteiger partial charge in [-0.2, -0.15) is 0 Å². The van der Waals surface area contributed by atoms with Gasteiger partial charge in [0.05, 0.1) is 21.4 Å². The summed E-state index contributed by atoms with van der Waals surface area (Å²) in [5.74, 6) is -2.11. The van der Waals surface area contributed by atoms with Gasteiger partial charge in [0.25, 0.3) is 11.5 Å². The van der Waals surface area contributed by atoms with Crippen molar-refractivity contribution in [3.63, 3.8) is 0 Å². The number of carbonyl (C=O) groups is 1. The molecule has 29 heavy (non-hydrogen) atoms. The van der Waals surface area contributed by atoms with Gasteiger partial charge in [0.2, 0.25) is 5.88 Å². The summed E-state index contributed by atoms with van der Waals surface area (Å²) in [6, 6.07) is 5.72. The van der Waals surface area contributed by atoms with Crippen molar-refractivity contribution < 1.29 is 15.0 Å². The molecule has 3 N–H and O–H groups in total. The molecule has 3 rings (SSSR count). The summed E-state index contributed by atoms with van der Waals surface area (Å²) in [5.41, 5.74) is -1.60. The molecule has 11 heteroatoms. The van der Waals surface area contributed by atoms with Gasteiger partial charge >= 0.3 is 5.69 Å². The number of halogens is 2. The molecule has 1 amide bonds. The van der Waals surface area contributed by atoms with Crippen molar-refractivity contribution in [3.05, 3.63) is 66.9 Å². The summed E-state index contributed by atoms with van der Waals surface area (Å²) in [6.07, 6.45) is 1.40. The normalized spacial score (nSPS) is 10.8. The molecule has 0 radical (unpaired) electrons. The second-order valence-electron chi connectivity index (χ2n) is 6.07. The summed E-state index contributed by atoms with van der Waals surface area (Å²) >= 11 is 11.9. The zero-order valence-electron chi connectivity index (χ0n) is 15.1. The topological polar surface area (TPSA) is 126 Å². The van der Waals surface area contributed by atoms with Crippen molar-refractivity contribution in [2.45, 2.75) is 0 Å². The Morgan fingerprint density at radius 2 is 1.79 bits per heavy atom. The summed E-state index contributed by atoms with van der Waals surface area (Å²) < 4.78 is 1.44. The zero-order chi connectivity index (χ0) is 21.5. The lowest BCUT2D eigenvalue weighted by Gasteiger charge is -2.12. The molecule has 0 atom stereocenters. The van der Waals surface area contributed by atoms with Gasteiger partial charge in [-0.25, -0.2) is 4.79 Å². The molecule has 0 fully saturated rings. The number of hydrogen-bond acceptors (Lipinski definition) is 6. The summed E-state index contributed by atoms with van der Waals surface area (Å²) in [4.78, 5) is 40.6. The highest BCUT2D eigenvalue weighted by atomic mass is 35.5. The lowest BCUT2D eigenvalue weighted by Crippen LogP contribution is -2.40. The van der Waals surface area contributed by atoms with E-state index in [2.05, 4.69) is 10.3 Å². The molecule has 0 unspecified atom stereocenters. The van der Waals surface area contributed by atoms with Crippen molar-refractivity contribution in [3.8, 4) is 22.9 Å². The van der Waals surface area contributed by atoms with Gasteiger partial charge in [-0.15, -0.1) is 0 Å². The van der Waals surface area contributed by atoms with E-state index in [9.17, 15) is 24.6 Å². The van der Waals surface area contributed by atoms with Crippen LogP contribution in [0.2, 0.25) is 10.0 Å². The third-order valence-electron chi connectivity index (χ3n) is 4.19. The number of nitrogens with zero attached hydrogens (tertiary/aromatic N) is 3. The van der Waals surface area contributed by atoms with Crippen LogP contribution in [0.1, 0.15) is 10.4 Å². The van der Waals surface area contributed by atoms with Gasteiger partial charge in [0, 0.05) is 25.9 Å². The Labute approximate surface area is 173 Å². The van der Waals surface area contributed by atoms with Crippen molar-refractivity contribution in [1.82, 2.24) is 14.1 Å². The number of phenolic OH excluding ortho intramolecular Hbond substituents is 1. The summed E-state index contributed by atoms with van der Waals surface area (Å²) in [7, 11) is 2.39.